The van der Waals surface area contributed by atoms with Gasteiger partial charge in [-0.05, 0) is 24.7 Å². The van der Waals surface area contributed by atoms with Crippen molar-refractivity contribution in [1.29, 1.82) is 0 Å². The Hall–Kier alpha value is -0.0400. The molecule has 1 heterocycles. The van der Waals surface area contributed by atoms with Gasteiger partial charge in [-0.2, -0.15) is 0 Å². The first-order chi connectivity index (χ1) is 6.83. The smallest absolute Gasteiger partial charge is 0.0468 e. The minimum absolute atomic E-state index is 0.944. The Bertz CT molecular complexity index is 127. The Kier molecular flexibility index (Phi) is 6.25. The molecular formula is C13H26O. The molecule has 0 N–H and O–H groups in total. The van der Waals surface area contributed by atoms with Crippen molar-refractivity contribution in [3.63, 3.8) is 0 Å². The fraction of sp³-hybridized carbons (Fsp3) is 1.00. The Morgan fingerprint density at radius 1 is 1.21 bits per heavy atom. The van der Waals surface area contributed by atoms with Gasteiger partial charge in [-0.15, -0.1) is 0 Å². The van der Waals surface area contributed by atoms with Gasteiger partial charge in [-0.1, -0.05) is 46.0 Å². The molecule has 1 unspecified atom stereocenters. The minimum Gasteiger partial charge on any atom is -0.381 e. The lowest BCUT2D eigenvalue weighted by molar-refractivity contribution is 0.0628. The van der Waals surface area contributed by atoms with E-state index >= 15 is 0 Å². The molecule has 84 valence electrons. The highest BCUT2D eigenvalue weighted by Crippen LogP contribution is 2.23. The van der Waals surface area contributed by atoms with Crippen LogP contribution in [0, 0.1) is 11.8 Å². The molecule has 1 atom stereocenters. The van der Waals surface area contributed by atoms with Crippen LogP contribution in [0.4, 0.5) is 0 Å². The molecule has 0 aliphatic carbocycles. The first-order valence-electron chi connectivity index (χ1n) is 6.40. The molecule has 0 aromatic rings. The molecule has 0 aromatic heterocycles. The lowest BCUT2D eigenvalue weighted by Crippen LogP contribution is -2.15. The number of ether oxygens (including phenoxy) is 1. The van der Waals surface area contributed by atoms with Crippen molar-refractivity contribution in [3.8, 4) is 0 Å². The van der Waals surface area contributed by atoms with E-state index in [1.807, 2.05) is 0 Å². The van der Waals surface area contributed by atoms with Crippen molar-refractivity contribution in [1.82, 2.24) is 0 Å². The van der Waals surface area contributed by atoms with Crippen LogP contribution in [0.15, 0.2) is 0 Å². The maximum Gasteiger partial charge on any atom is 0.0468 e. The van der Waals surface area contributed by atoms with Crippen LogP contribution in [0.5, 0.6) is 0 Å². The van der Waals surface area contributed by atoms with Gasteiger partial charge in [0.2, 0.25) is 0 Å². The zero-order valence-electron chi connectivity index (χ0n) is 9.93. The summed E-state index contributed by atoms with van der Waals surface area (Å²) in [6.07, 6.45) is 9.69. The van der Waals surface area contributed by atoms with Gasteiger partial charge in [-0.3, -0.25) is 0 Å². The molecule has 1 rings (SSSR count). The van der Waals surface area contributed by atoms with E-state index in [-0.39, 0.29) is 0 Å². The molecular weight excluding hydrogens is 172 g/mol. The molecule has 14 heavy (non-hydrogen) atoms. The molecule has 1 nitrogen and oxygen atoms in total. The van der Waals surface area contributed by atoms with E-state index in [0.29, 0.717) is 0 Å². The van der Waals surface area contributed by atoms with E-state index in [9.17, 15) is 0 Å². The van der Waals surface area contributed by atoms with Gasteiger partial charge in [0.05, 0.1) is 0 Å². The lowest BCUT2D eigenvalue weighted by atomic mass is 9.91. The third-order valence-corrected chi connectivity index (χ3v) is 3.43. The Morgan fingerprint density at radius 2 is 1.93 bits per heavy atom. The van der Waals surface area contributed by atoms with Crippen LogP contribution >= 0.6 is 0 Å². The van der Waals surface area contributed by atoms with Crippen molar-refractivity contribution < 1.29 is 4.74 Å². The summed E-state index contributed by atoms with van der Waals surface area (Å²) in [5, 5.41) is 0. The highest BCUT2D eigenvalue weighted by molar-refractivity contribution is 4.64. The van der Waals surface area contributed by atoms with Gasteiger partial charge < -0.3 is 4.74 Å². The summed E-state index contributed by atoms with van der Waals surface area (Å²) < 4.78 is 5.37. The molecule has 1 aliphatic heterocycles. The molecule has 1 fully saturated rings. The molecule has 0 spiro atoms. The molecule has 0 radical (unpaired) electrons. The van der Waals surface area contributed by atoms with Gasteiger partial charge in [-0.25, -0.2) is 0 Å². The van der Waals surface area contributed by atoms with E-state index < -0.39 is 0 Å². The Morgan fingerprint density at radius 3 is 2.57 bits per heavy atom. The number of hydrogen-bond donors (Lipinski definition) is 0. The molecule has 1 saturated heterocycles. The molecule has 1 heteroatoms. The van der Waals surface area contributed by atoms with Crippen LogP contribution in [0.3, 0.4) is 0 Å². The molecule has 0 aromatic carbocycles. The first kappa shape index (κ1) is 12.0. The zero-order chi connectivity index (χ0) is 10.2. The van der Waals surface area contributed by atoms with E-state index in [2.05, 4.69) is 13.8 Å². The van der Waals surface area contributed by atoms with Crippen LogP contribution in [-0.2, 0) is 4.74 Å². The third-order valence-electron chi connectivity index (χ3n) is 3.43. The van der Waals surface area contributed by atoms with Crippen molar-refractivity contribution in [2.24, 2.45) is 11.8 Å². The van der Waals surface area contributed by atoms with Crippen LogP contribution < -0.4 is 0 Å². The summed E-state index contributed by atoms with van der Waals surface area (Å²) in [5.41, 5.74) is 0. The second-order valence-electron chi connectivity index (χ2n) is 4.88. The van der Waals surface area contributed by atoms with E-state index in [1.54, 1.807) is 0 Å². The fourth-order valence-electron chi connectivity index (χ4n) is 2.43. The molecule has 0 bridgehead atoms. The quantitative estimate of drug-likeness (QED) is 0.626. The molecule has 0 saturated carbocycles. The summed E-state index contributed by atoms with van der Waals surface area (Å²) >= 11 is 0. The van der Waals surface area contributed by atoms with Crippen LogP contribution in [-0.4, -0.2) is 13.2 Å². The van der Waals surface area contributed by atoms with E-state index in [1.165, 1.54) is 44.9 Å². The van der Waals surface area contributed by atoms with Crippen LogP contribution in [0.1, 0.15) is 58.8 Å². The predicted molar refractivity (Wildman–Crippen MR) is 61.5 cm³/mol. The number of hydrogen-bond acceptors (Lipinski definition) is 1. The summed E-state index contributed by atoms with van der Waals surface area (Å²) in [5.74, 6) is 1.91. The van der Waals surface area contributed by atoms with Gasteiger partial charge in [0.1, 0.15) is 0 Å². The van der Waals surface area contributed by atoms with Gasteiger partial charge in [0, 0.05) is 13.2 Å². The predicted octanol–water partition coefficient (Wildman–Crippen LogP) is 4.02. The summed E-state index contributed by atoms with van der Waals surface area (Å²) in [6, 6.07) is 0. The third kappa shape index (κ3) is 4.99. The standard InChI is InChI=1S/C13H26O/c1-3-5-12(2)6-4-7-13-8-10-14-11-9-13/h12-13H,3-11H2,1-2H3. The SMILES string of the molecule is CCCC(C)CCCC1CCOCC1. The fourth-order valence-corrected chi connectivity index (χ4v) is 2.43. The topological polar surface area (TPSA) is 9.23 Å². The Labute approximate surface area is 89.2 Å². The summed E-state index contributed by atoms with van der Waals surface area (Å²) in [7, 11) is 0. The lowest BCUT2D eigenvalue weighted by Gasteiger charge is -2.22. The molecule has 1 aliphatic rings. The largest absolute Gasteiger partial charge is 0.381 e. The average molecular weight is 198 g/mol. The highest BCUT2D eigenvalue weighted by atomic mass is 16.5. The van der Waals surface area contributed by atoms with Gasteiger partial charge >= 0.3 is 0 Å². The monoisotopic (exact) mass is 198 g/mol. The maximum absolute atomic E-state index is 5.37. The van der Waals surface area contributed by atoms with Crippen molar-refractivity contribution in [3.05, 3.63) is 0 Å². The van der Waals surface area contributed by atoms with Crippen LogP contribution in [0.25, 0.3) is 0 Å². The first-order valence-corrected chi connectivity index (χ1v) is 6.40. The average Bonchev–Trinajstić information content (AvgIpc) is 2.20. The summed E-state index contributed by atoms with van der Waals surface area (Å²) in [4.78, 5) is 0. The maximum atomic E-state index is 5.37. The second-order valence-corrected chi connectivity index (χ2v) is 4.88. The minimum atomic E-state index is 0.944. The van der Waals surface area contributed by atoms with E-state index in [4.69, 9.17) is 4.74 Å². The summed E-state index contributed by atoms with van der Waals surface area (Å²) in [6.45, 7) is 6.70. The van der Waals surface area contributed by atoms with Crippen molar-refractivity contribution >= 4 is 0 Å². The highest BCUT2D eigenvalue weighted by Gasteiger charge is 2.13. The molecule has 0 amide bonds. The number of rotatable bonds is 6. The van der Waals surface area contributed by atoms with Crippen molar-refractivity contribution in [2.45, 2.75) is 58.8 Å². The van der Waals surface area contributed by atoms with E-state index in [0.717, 1.165) is 25.0 Å². The normalized spacial score (nSPS) is 21.0. The van der Waals surface area contributed by atoms with Crippen molar-refractivity contribution in [2.75, 3.05) is 13.2 Å². The van der Waals surface area contributed by atoms with Gasteiger partial charge in [0.25, 0.3) is 0 Å². The van der Waals surface area contributed by atoms with Gasteiger partial charge in [0.15, 0.2) is 0 Å². The zero-order valence-corrected chi connectivity index (χ0v) is 9.93. The second kappa shape index (κ2) is 7.28. The van der Waals surface area contributed by atoms with Crippen LogP contribution in [0.2, 0.25) is 0 Å². The Balaban J connectivity index is 1.96.